The molecule has 2 amide bonds. The van der Waals surface area contributed by atoms with E-state index in [1.165, 1.54) is 24.5 Å². The minimum absolute atomic E-state index is 0.0776. The van der Waals surface area contributed by atoms with Gasteiger partial charge in [0.25, 0.3) is 5.91 Å². The van der Waals surface area contributed by atoms with Gasteiger partial charge in [0.05, 0.1) is 24.1 Å². The maximum atomic E-state index is 13.5. The smallest absolute Gasteiger partial charge is 0.444 e. The van der Waals surface area contributed by atoms with Crippen LogP contribution in [0.25, 0.3) is 11.5 Å². The van der Waals surface area contributed by atoms with E-state index in [4.69, 9.17) is 9.15 Å². The number of benzene rings is 1. The van der Waals surface area contributed by atoms with Crippen LogP contribution in [0.1, 0.15) is 43.4 Å². The summed E-state index contributed by atoms with van der Waals surface area (Å²) >= 11 is 0. The fraction of sp³-hybridized carbons (Fsp3) is 0.375. The van der Waals surface area contributed by atoms with Gasteiger partial charge < -0.3 is 24.7 Å². The van der Waals surface area contributed by atoms with Crippen molar-refractivity contribution in [1.29, 1.82) is 0 Å². The molecule has 1 aromatic carbocycles. The number of carbonyl (C=O) groups excluding carboxylic acids is 2. The molecule has 0 unspecified atom stereocenters. The molecule has 2 N–H and O–H groups in total. The number of hydrogen-bond donors (Lipinski definition) is 2. The molecule has 0 bridgehead atoms. The van der Waals surface area contributed by atoms with Gasteiger partial charge in [-0.1, -0.05) is 18.2 Å². The molecule has 2 aromatic heterocycles. The van der Waals surface area contributed by atoms with E-state index < -0.39 is 35.2 Å². The Morgan fingerprint density at radius 2 is 1.78 bits per heavy atom. The lowest BCUT2D eigenvalue weighted by Crippen LogP contribution is -2.40. The van der Waals surface area contributed by atoms with E-state index in [-0.39, 0.29) is 17.6 Å². The van der Waals surface area contributed by atoms with Crippen molar-refractivity contribution in [3.63, 3.8) is 0 Å². The predicted octanol–water partition coefficient (Wildman–Crippen LogP) is 4.51. The molecule has 3 heterocycles. The summed E-state index contributed by atoms with van der Waals surface area (Å²) in [4.78, 5) is 38.7. The number of hydrogen-bond acceptors (Lipinski definition) is 8. The number of alkyl halides is 3. The number of carbonyl (C=O) groups is 2. The topological polar surface area (TPSA) is 122 Å². The molecular formula is C24H25F3N6O4. The van der Waals surface area contributed by atoms with Gasteiger partial charge in [-0.2, -0.15) is 13.2 Å². The number of rotatable bonds is 5. The molecule has 1 fully saturated rings. The molecule has 1 aliphatic rings. The second kappa shape index (κ2) is 10.1. The van der Waals surface area contributed by atoms with Crippen molar-refractivity contribution < 1.29 is 31.9 Å². The highest BCUT2D eigenvalue weighted by Crippen LogP contribution is 2.35. The summed E-state index contributed by atoms with van der Waals surface area (Å²) in [5.74, 6) is -2.59. The van der Waals surface area contributed by atoms with E-state index >= 15 is 0 Å². The van der Waals surface area contributed by atoms with Crippen LogP contribution in [0.3, 0.4) is 0 Å². The SMILES string of the molecule is CC(C)(C)OC(=O)N[C@@H]1CCN(c2ncc(NC(=O)c3nc(-c4ccccc4)oc3C(F)(F)F)cn2)C1. The molecule has 10 nitrogen and oxygen atoms in total. The molecule has 0 spiro atoms. The molecule has 37 heavy (non-hydrogen) atoms. The van der Waals surface area contributed by atoms with Crippen molar-refractivity contribution >= 4 is 23.6 Å². The molecular weight excluding hydrogens is 493 g/mol. The second-order valence-corrected chi connectivity index (χ2v) is 9.36. The summed E-state index contributed by atoms with van der Waals surface area (Å²) in [6.45, 7) is 6.34. The summed E-state index contributed by atoms with van der Waals surface area (Å²) in [7, 11) is 0. The monoisotopic (exact) mass is 518 g/mol. The highest BCUT2D eigenvalue weighted by molar-refractivity contribution is 6.03. The van der Waals surface area contributed by atoms with Gasteiger partial charge in [0.15, 0.2) is 5.69 Å². The van der Waals surface area contributed by atoms with Gasteiger partial charge in [0.1, 0.15) is 5.60 Å². The quantitative estimate of drug-likeness (QED) is 0.506. The first-order valence-corrected chi connectivity index (χ1v) is 11.4. The zero-order valence-electron chi connectivity index (χ0n) is 20.3. The average Bonchev–Trinajstić information content (AvgIpc) is 3.46. The van der Waals surface area contributed by atoms with Gasteiger partial charge in [0.2, 0.25) is 17.6 Å². The lowest BCUT2D eigenvalue weighted by molar-refractivity contribution is -0.153. The number of aromatic nitrogens is 3. The molecule has 4 rings (SSSR count). The van der Waals surface area contributed by atoms with Crippen LogP contribution in [0.2, 0.25) is 0 Å². The minimum atomic E-state index is -4.92. The van der Waals surface area contributed by atoms with Crippen molar-refractivity contribution in [3.8, 4) is 11.5 Å². The first-order valence-electron chi connectivity index (χ1n) is 11.4. The van der Waals surface area contributed by atoms with E-state index in [0.717, 1.165) is 0 Å². The van der Waals surface area contributed by atoms with Gasteiger partial charge >= 0.3 is 12.3 Å². The molecule has 1 atom stereocenters. The molecule has 13 heteroatoms. The zero-order valence-corrected chi connectivity index (χ0v) is 20.3. The van der Waals surface area contributed by atoms with Crippen LogP contribution < -0.4 is 15.5 Å². The number of nitrogens with zero attached hydrogens (tertiary/aromatic N) is 4. The third kappa shape index (κ3) is 6.54. The average molecular weight is 518 g/mol. The molecule has 0 aliphatic carbocycles. The molecule has 0 saturated carbocycles. The summed E-state index contributed by atoms with van der Waals surface area (Å²) in [6, 6.07) is 7.79. The van der Waals surface area contributed by atoms with Crippen molar-refractivity contribution in [3.05, 3.63) is 54.2 Å². The first kappa shape index (κ1) is 25.9. The molecule has 1 saturated heterocycles. The maximum absolute atomic E-state index is 13.5. The lowest BCUT2D eigenvalue weighted by Gasteiger charge is -2.22. The van der Waals surface area contributed by atoms with Gasteiger partial charge in [-0.3, -0.25) is 4.79 Å². The van der Waals surface area contributed by atoms with Crippen molar-refractivity contribution in [2.24, 2.45) is 0 Å². The van der Waals surface area contributed by atoms with Crippen molar-refractivity contribution in [2.75, 3.05) is 23.3 Å². The third-order valence-electron chi connectivity index (χ3n) is 5.21. The Morgan fingerprint density at radius 1 is 1.11 bits per heavy atom. The van der Waals surface area contributed by atoms with E-state index in [9.17, 15) is 22.8 Å². The summed E-state index contributed by atoms with van der Waals surface area (Å²) in [5, 5.41) is 5.13. The number of nitrogens with one attached hydrogen (secondary N) is 2. The minimum Gasteiger partial charge on any atom is -0.444 e. The predicted molar refractivity (Wildman–Crippen MR) is 127 cm³/mol. The fourth-order valence-electron chi connectivity index (χ4n) is 3.64. The zero-order chi connectivity index (χ0) is 26.8. The maximum Gasteiger partial charge on any atom is 0.452 e. The third-order valence-corrected chi connectivity index (χ3v) is 5.21. The Hall–Kier alpha value is -4.16. The van der Waals surface area contributed by atoms with Gasteiger partial charge in [-0.05, 0) is 39.3 Å². The van der Waals surface area contributed by atoms with E-state index in [0.29, 0.717) is 31.0 Å². The van der Waals surface area contributed by atoms with E-state index in [1.54, 1.807) is 39.0 Å². The molecule has 1 aliphatic heterocycles. The first-order chi connectivity index (χ1) is 17.4. The van der Waals surface area contributed by atoms with Crippen LogP contribution in [0.15, 0.2) is 47.1 Å². The number of anilines is 2. The van der Waals surface area contributed by atoms with Crippen LogP contribution in [-0.2, 0) is 10.9 Å². The number of ether oxygens (including phenoxy) is 1. The normalized spacial score (nSPS) is 15.9. The number of oxazole rings is 1. The van der Waals surface area contributed by atoms with E-state index in [1.807, 2.05) is 4.90 Å². The Morgan fingerprint density at radius 3 is 2.41 bits per heavy atom. The Kier molecular flexibility index (Phi) is 7.05. The summed E-state index contributed by atoms with van der Waals surface area (Å²) < 4.78 is 50.7. The largest absolute Gasteiger partial charge is 0.452 e. The number of halogens is 3. The van der Waals surface area contributed by atoms with Crippen LogP contribution in [0, 0.1) is 0 Å². The Labute approximate surface area is 210 Å². The highest BCUT2D eigenvalue weighted by Gasteiger charge is 2.42. The van der Waals surface area contributed by atoms with Crippen molar-refractivity contribution in [1.82, 2.24) is 20.3 Å². The Balaban J connectivity index is 1.41. The second-order valence-electron chi connectivity index (χ2n) is 9.36. The van der Waals surface area contributed by atoms with Crippen LogP contribution in [0.5, 0.6) is 0 Å². The summed E-state index contributed by atoms with van der Waals surface area (Å²) in [6.07, 6.45) is -2.23. The highest BCUT2D eigenvalue weighted by atomic mass is 19.4. The van der Waals surface area contributed by atoms with Crippen molar-refractivity contribution in [2.45, 2.75) is 45.0 Å². The molecule has 196 valence electrons. The lowest BCUT2D eigenvalue weighted by atomic mass is 10.2. The standard InChI is InChI=1S/C24H25F3N6O4/c1-23(2,3)37-22(35)31-15-9-10-33(13-15)21-28-11-16(12-29-21)30-19(34)17-18(24(25,26)27)36-20(32-17)14-7-5-4-6-8-14/h4-8,11-12,15H,9-10,13H2,1-3H3,(H,30,34)(H,31,35)/t15-/m1/s1. The van der Waals surface area contributed by atoms with E-state index in [2.05, 4.69) is 25.6 Å². The van der Waals surface area contributed by atoms with Crippen LogP contribution >= 0.6 is 0 Å². The molecule has 0 radical (unpaired) electrons. The fourth-order valence-corrected chi connectivity index (χ4v) is 3.64. The van der Waals surface area contributed by atoms with Gasteiger partial charge in [0, 0.05) is 18.7 Å². The molecule has 3 aromatic rings. The number of alkyl carbamates (subject to hydrolysis) is 1. The van der Waals surface area contributed by atoms with Gasteiger partial charge in [-0.25, -0.2) is 19.7 Å². The van der Waals surface area contributed by atoms with Crippen LogP contribution in [0.4, 0.5) is 29.6 Å². The summed E-state index contributed by atoms with van der Waals surface area (Å²) in [5.41, 5.74) is -1.13. The number of amides is 2. The van der Waals surface area contributed by atoms with Gasteiger partial charge in [-0.15, -0.1) is 0 Å². The Bertz CT molecular complexity index is 1260. The van der Waals surface area contributed by atoms with Crippen LogP contribution in [-0.4, -0.2) is 51.7 Å².